The second-order valence-electron chi connectivity index (χ2n) is 5.49. The van der Waals surface area contributed by atoms with E-state index >= 15 is 0 Å². The third-order valence-electron chi connectivity index (χ3n) is 3.43. The number of carbonyl (C=O) groups excluding carboxylic acids is 1. The van der Waals surface area contributed by atoms with Gasteiger partial charge >= 0.3 is 0 Å². The lowest BCUT2D eigenvalue weighted by molar-refractivity contribution is -0.130. The van der Waals surface area contributed by atoms with Gasteiger partial charge in [-0.1, -0.05) is 12.1 Å². The van der Waals surface area contributed by atoms with Crippen LogP contribution in [0.4, 0.5) is 5.69 Å². The van der Waals surface area contributed by atoms with Gasteiger partial charge in [0.05, 0.1) is 18.4 Å². The van der Waals surface area contributed by atoms with E-state index in [-0.39, 0.29) is 17.4 Å². The molecule has 1 aromatic carbocycles. The van der Waals surface area contributed by atoms with Gasteiger partial charge in [-0.25, -0.2) is 0 Å². The van der Waals surface area contributed by atoms with E-state index < -0.39 is 0 Å². The topological polar surface area (TPSA) is 47.6 Å². The fourth-order valence-corrected chi connectivity index (χ4v) is 2.44. The average molecular weight is 263 g/mol. The van der Waals surface area contributed by atoms with Gasteiger partial charge in [-0.3, -0.25) is 4.79 Å². The summed E-state index contributed by atoms with van der Waals surface area (Å²) in [6.45, 7) is 4.68. The average Bonchev–Trinajstić information content (AvgIpc) is 2.38. The Labute approximate surface area is 114 Å². The molecular weight excluding hydrogens is 242 g/mol. The Morgan fingerprint density at radius 3 is 2.84 bits per heavy atom. The third-order valence-corrected chi connectivity index (χ3v) is 3.43. The molecule has 1 aromatic rings. The van der Waals surface area contributed by atoms with E-state index in [4.69, 9.17) is 9.47 Å². The van der Waals surface area contributed by atoms with Crippen LogP contribution >= 0.6 is 0 Å². The van der Waals surface area contributed by atoms with E-state index in [0.717, 1.165) is 18.5 Å². The van der Waals surface area contributed by atoms with Crippen molar-refractivity contribution in [2.24, 2.45) is 5.92 Å². The maximum absolute atomic E-state index is 12.3. The third kappa shape index (κ3) is 3.47. The summed E-state index contributed by atoms with van der Waals surface area (Å²) < 4.78 is 10.9. The molecule has 0 aromatic heterocycles. The molecule has 0 spiro atoms. The second-order valence-corrected chi connectivity index (χ2v) is 5.49. The lowest BCUT2D eigenvalue weighted by atomic mass is 9.88. The molecule has 2 rings (SSSR count). The number of hydrogen-bond acceptors (Lipinski definition) is 3. The Balaban J connectivity index is 2.04. The summed E-state index contributed by atoms with van der Waals surface area (Å²) >= 11 is 0. The zero-order valence-corrected chi connectivity index (χ0v) is 11.7. The zero-order valence-electron chi connectivity index (χ0n) is 11.7. The minimum Gasteiger partial charge on any atom is -0.495 e. The molecule has 1 fully saturated rings. The van der Waals surface area contributed by atoms with Crippen LogP contribution in [0.3, 0.4) is 0 Å². The van der Waals surface area contributed by atoms with Crippen molar-refractivity contribution in [2.45, 2.75) is 32.3 Å². The Morgan fingerprint density at radius 2 is 2.16 bits per heavy atom. The molecule has 0 aliphatic carbocycles. The van der Waals surface area contributed by atoms with E-state index in [2.05, 4.69) is 5.32 Å². The summed E-state index contributed by atoms with van der Waals surface area (Å²) in [6.07, 6.45) is 1.51. The first-order valence-corrected chi connectivity index (χ1v) is 6.60. The summed E-state index contributed by atoms with van der Waals surface area (Å²) in [5.74, 6) is 0.719. The number of hydrogen-bond donors (Lipinski definition) is 1. The van der Waals surface area contributed by atoms with Crippen molar-refractivity contribution < 1.29 is 14.3 Å². The van der Waals surface area contributed by atoms with Crippen LogP contribution in [-0.2, 0) is 9.53 Å². The monoisotopic (exact) mass is 263 g/mol. The maximum atomic E-state index is 12.3. The standard InChI is InChI=1S/C15H21NO3/c1-15(2)10-11(8-9-19-15)14(17)16-12-6-4-5-7-13(12)18-3/h4-7,11H,8-10H2,1-3H3,(H,16,17)/t11-/m1/s1. The van der Waals surface area contributed by atoms with E-state index in [1.54, 1.807) is 7.11 Å². The van der Waals surface area contributed by atoms with Crippen LogP contribution in [0, 0.1) is 5.92 Å². The van der Waals surface area contributed by atoms with Gasteiger partial charge in [0.15, 0.2) is 0 Å². The van der Waals surface area contributed by atoms with Gasteiger partial charge in [0, 0.05) is 12.5 Å². The van der Waals surface area contributed by atoms with Gasteiger partial charge in [0.2, 0.25) is 5.91 Å². The van der Waals surface area contributed by atoms with Crippen LogP contribution in [-0.4, -0.2) is 25.2 Å². The summed E-state index contributed by atoms with van der Waals surface area (Å²) in [5, 5.41) is 2.95. The molecule has 1 amide bonds. The van der Waals surface area contributed by atoms with Crippen LogP contribution in [0.25, 0.3) is 0 Å². The largest absolute Gasteiger partial charge is 0.495 e. The van der Waals surface area contributed by atoms with Crippen LogP contribution in [0.2, 0.25) is 0 Å². The first kappa shape index (κ1) is 13.9. The van der Waals surface area contributed by atoms with Crippen molar-refractivity contribution in [3.63, 3.8) is 0 Å². The molecule has 0 radical (unpaired) electrons. The lowest BCUT2D eigenvalue weighted by Crippen LogP contribution is -2.39. The molecule has 19 heavy (non-hydrogen) atoms. The number of ether oxygens (including phenoxy) is 2. The minimum absolute atomic E-state index is 0.00587. The van der Waals surface area contributed by atoms with Gasteiger partial charge in [0.25, 0.3) is 0 Å². The van der Waals surface area contributed by atoms with Gasteiger partial charge in [-0.05, 0) is 38.8 Å². The summed E-state index contributed by atoms with van der Waals surface area (Å²) in [4.78, 5) is 12.3. The smallest absolute Gasteiger partial charge is 0.227 e. The predicted octanol–water partition coefficient (Wildman–Crippen LogP) is 2.84. The summed E-state index contributed by atoms with van der Waals surface area (Å²) in [5.41, 5.74) is 0.500. The quantitative estimate of drug-likeness (QED) is 0.912. The number of amides is 1. The number of nitrogens with one attached hydrogen (secondary N) is 1. The fraction of sp³-hybridized carbons (Fsp3) is 0.533. The molecule has 1 aliphatic heterocycles. The van der Waals surface area contributed by atoms with E-state index in [1.165, 1.54) is 0 Å². The highest BCUT2D eigenvalue weighted by molar-refractivity contribution is 5.94. The van der Waals surface area contributed by atoms with Crippen molar-refractivity contribution in [1.29, 1.82) is 0 Å². The van der Waals surface area contributed by atoms with Crippen molar-refractivity contribution in [3.05, 3.63) is 24.3 Å². The van der Waals surface area contributed by atoms with Gasteiger partial charge in [-0.2, -0.15) is 0 Å². The molecule has 0 saturated carbocycles. The maximum Gasteiger partial charge on any atom is 0.227 e. The normalized spacial score (nSPS) is 21.7. The second kappa shape index (κ2) is 5.61. The molecule has 4 heteroatoms. The molecule has 1 atom stereocenters. The van der Waals surface area contributed by atoms with Crippen molar-refractivity contribution in [2.75, 3.05) is 19.0 Å². The molecule has 0 bridgehead atoms. The molecule has 1 heterocycles. The Hall–Kier alpha value is -1.55. The van der Waals surface area contributed by atoms with E-state index in [1.807, 2.05) is 38.1 Å². The number of benzene rings is 1. The SMILES string of the molecule is COc1ccccc1NC(=O)[C@@H]1CCOC(C)(C)C1. The number of anilines is 1. The molecule has 104 valence electrons. The van der Waals surface area contributed by atoms with Crippen molar-refractivity contribution in [1.82, 2.24) is 0 Å². The zero-order chi connectivity index (χ0) is 13.9. The Bertz CT molecular complexity index is 456. The minimum atomic E-state index is -0.221. The Morgan fingerprint density at radius 1 is 1.42 bits per heavy atom. The first-order valence-electron chi connectivity index (χ1n) is 6.60. The van der Waals surface area contributed by atoms with Gasteiger partial charge in [0.1, 0.15) is 5.75 Å². The molecular formula is C15H21NO3. The molecule has 1 N–H and O–H groups in total. The van der Waals surface area contributed by atoms with Crippen LogP contribution < -0.4 is 10.1 Å². The summed E-state index contributed by atoms with van der Waals surface area (Å²) in [6, 6.07) is 7.45. The highest BCUT2D eigenvalue weighted by Gasteiger charge is 2.33. The van der Waals surface area contributed by atoms with Crippen LogP contribution in [0.5, 0.6) is 5.75 Å². The number of rotatable bonds is 3. The van der Waals surface area contributed by atoms with Crippen molar-refractivity contribution >= 4 is 11.6 Å². The molecule has 1 aliphatic rings. The van der Waals surface area contributed by atoms with Gasteiger partial charge in [-0.15, -0.1) is 0 Å². The number of para-hydroxylation sites is 2. The predicted molar refractivity (Wildman–Crippen MR) is 74.4 cm³/mol. The highest BCUT2D eigenvalue weighted by atomic mass is 16.5. The van der Waals surface area contributed by atoms with Crippen molar-refractivity contribution in [3.8, 4) is 5.75 Å². The summed E-state index contributed by atoms with van der Waals surface area (Å²) in [7, 11) is 1.60. The van der Waals surface area contributed by atoms with Crippen LogP contribution in [0.15, 0.2) is 24.3 Å². The highest BCUT2D eigenvalue weighted by Crippen LogP contribution is 2.30. The molecule has 4 nitrogen and oxygen atoms in total. The lowest BCUT2D eigenvalue weighted by Gasteiger charge is -2.34. The molecule has 1 saturated heterocycles. The van der Waals surface area contributed by atoms with E-state index in [0.29, 0.717) is 12.4 Å². The number of methoxy groups -OCH3 is 1. The fourth-order valence-electron chi connectivity index (χ4n) is 2.44. The first-order chi connectivity index (χ1) is 9.02. The van der Waals surface area contributed by atoms with Gasteiger partial charge < -0.3 is 14.8 Å². The van der Waals surface area contributed by atoms with E-state index in [9.17, 15) is 4.79 Å². The molecule has 0 unspecified atom stereocenters. The van der Waals surface area contributed by atoms with Crippen LogP contribution in [0.1, 0.15) is 26.7 Å². The Kier molecular flexibility index (Phi) is 4.10. The number of carbonyl (C=O) groups is 1.